The van der Waals surface area contributed by atoms with Crippen LogP contribution in [0.1, 0.15) is 12.0 Å². The molecule has 0 saturated carbocycles. The van der Waals surface area contributed by atoms with Crippen LogP contribution >= 0.6 is 0 Å². The SMILES string of the molecule is CN1CC(=O)N(CC(=O)OCC(=O)N2CCC(c3ccccc3)=N2)C1=O. The fourth-order valence-electron chi connectivity index (χ4n) is 2.69. The van der Waals surface area contributed by atoms with Crippen molar-refractivity contribution in [2.75, 3.05) is 33.3 Å². The number of hydrogen-bond acceptors (Lipinski definition) is 6. The van der Waals surface area contributed by atoms with E-state index in [1.807, 2.05) is 30.3 Å². The summed E-state index contributed by atoms with van der Waals surface area (Å²) in [5.74, 6) is -1.75. The van der Waals surface area contributed by atoms with Gasteiger partial charge >= 0.3 is 12.0 Å². The first-order valence-electron chi connectivity index (χ1n) is 8.10. The van der Waals surface area contributed by atoms with Crippen LogP contribution in [0.3, 0.4) is 0 Å². The van der Waals surface area contributed by atoms with Crippen LogP contribution in [0.2, 0.25) is 0 Å². The molecular weight excluding hydrogens is 340 g/mol. The predicted molar refractivity (Wildman–Crippen MR) is 90.0 cm³/mol. The van der Waals surface area contributed by atoms with Gasteiger partial charge in [0.05, 0.1) is 12.3 Å². The van der Waals surface area contributed by atoms with Gasteiger partial charge in [-0.25, -0.2) is 9.80 Å². The molecule has 3 rings (SSSR count). The summed E-state index contributed by atoms with van der Waals surface area (Å²) in [6.45, 7) is -0.658. The summed E-state index contributed by atoms with van der Waals surface area (Å²) in [4.78, 5) is 49.2. The number of benzene rings is 1. The molecule has 0 unspecified atom stereocenters. The third-order valence-electron chi connectivity index (χ3n) is 4.07. The summed E-state index contributed by atoms with van der Waals surface area (Å²) in [5.41, 5.74) is 1.73. The van der Waals surface area contributed by atoms with Gasteiger partial charge in [-0.15, -0.1) is 0 Å². The van der Waals surface area contributed by atoms with Crippen LogP contribution in [0.25, 0.3) is 0 Å². The molecule has 4 amide bonds. The second-order valence-electron chi connectivity index (χ2n) is 5.96. The highest BCUT2D eigenvalue weighted by atomic mass is 16.5. The lowest BCUT2D eigenvalue weighted by Gasteiger charge is -2.14. The number of esters is 1. The second-order valence-corrected chi connectivity index (χ2v) is 5.96. The third-order valence-corrected chi connectivity index (χ3v) is 4.07. The van der Waals surface area contributed by atoms with Gasteiger partial charge in [-0.3, -0.25) is 19.3 Å². The van der Waals surface area contributed by atoms with Gasteiger partial charge in [0.2, 0.25) is 0 Å². The molecule has 0 atom stereocenters. The first-order valence-corrected chi connectivity index (χ1v) is 8.10. The second kappa shape index (κ2) is 7.34. The first-order chi connectivity index (χ1) is 12.5. The molecule has 1 fully saturated rings. The number of nitrogens with zero attached hydrogens (tertiary/aromatic N) is 4. The van der Waals surface area contributed by atoms with Crippen molar-refractivity contribution in [1.29, 1.82) is 0 Å². The number of hydrogen-bond donors (Lipinski definition) is 0. The van der Waals surface area contributed by atoms with E-state index in [4.69, 9.17) is 4.74 Å². The first kappa shape index (κ1) is 17.6. The maximum absolute atomic E-state index is 12.1. The van der Waals surface area contributed by atoms with Crippen molar-refractivity contribution in [3.8, 4) is 0 Å². The topological polar surface area (TPSA) is 99.6 Å². The number of ether oxygens (including phenoxy) is 1. The number of hydrazone groups is 1. The summed E-state index contributed by atoms with van der Waals surface area (Å²) in [7, 11) is 1.46. The minimum absolute atomic E-state index is 0.0736. The van der Waals surface area contributed by atoms with Crippen LogP contribution in [-0.4, -0.2) is 77.6 Å². The van der Waals surface area contributed by atoms with Crippen molar-refractivity contribution in [2.45, 2.75) is 6.42 Å². The maximum atomic E-state index is 12.1. The number of amides is 4. The van der Waals surface area contributed by atoms with E-state index in [0.717, 1.165) is 16.2 Å². The molecule has 0 N–H and O–H groups in total. The molecule has 9 heteroatoms. The average Bonchev–Trinajstić information content (AvgIpc) is 3.22. The van der Waals surface area contributed by atoms with Gasteiger partial charge in [0, 0.05) is 13.5 Å². The van der Waals surface area contributed by atoms with Crippen LogP contribution in [0.15, 0.2) is 35.4 Å². The zero-order chi connectivity index (χ0) is 18.7. The molecule has 2 heterocycles. The van der Waals surface area contributed by atoms with E-state index < -0.39 is 37.0 Å². The molecule has 0 aromatic heterocycles. The van der Waals surface area contributed by atoms with Crippen LogP contribution in [0, 0.1) is 0 Å². The Kier molecular flexibility index (Phi) is 4.97. The van der Waals surface area contributed by atoms with Gasteiger partial charge in [-0.05, 0) is 5.56 Å². The molecule has 2 aliphatic heterocycles. The molecule has 0 bridgehead atoms. The van der Waals surface area contributed by atoms with Gasteiger partial charge in [-0.2, -0.15) is 5.10 Å². The van der Waals surface area contributed by atoms with E-state index in [1.54, 1.807) is 0 Å². The minimum atomic E-state index is -0.818. The van der Waals surface area contributed by atoms with Crippen LogP contribution in [0.4, 0.5) is 4.79 Å². The average molecular weight is 358 g/mol. The van der Waals surface area contributed by atoms with E-state index >= 15 is 0 Å². The fraction of sp³-hybridized carbons (Fsp3) is 0.353. The normalized spacial score (nSPS) is 17.0. The largest absolute Gasteiger partial charge is 0.454 e. The molecule has 1 aromatic rings. The molecule has 2 aliphatic rings. The van der Waals surface area contributed by atoms with E-state index in [-0.39, 0.29) is 6.54 Å². The highest BCUT2D eigenvalue weighted by molar-refractivity contribution is 6.04. The Bertz CT molecular complexity index is 777. The van der Waals surface area contributed by atoms with Gasteiger partial charge in [0.15, 0.2) is 6.61 Å². The predicted octanol–water partition coefficient (Wildman–Crippen LogP) is 0.0602. The van der Waals surface area contributed by atoms with Crippen molar-refractivity contribution in [3.63, 3.8) is 0 Å². The molecule has 26 heavy (non-hydrogen) atoms. The molecule has 0 radical (unpaired) electrons. The van der Waals surface area contributed by atoms with Crippen molar-refractivity contribution in [3.05, 3.63) is 35.9 Å². The van der Waals surface area contributed by atoms with Crippen LogP contribution in [-0.2, 0) is 19.1 Å². The minimum Gasteiger partial charge on any atom is -0.454 e. The lowest BCUT2D eigenvalue weighted by atomic mass is 10.1. The van der Waals surface area contributed by atoms with E-state index in [2.05, 4.69) is 5.10 Å². The summed E-state index contributed by atoms with van der Waals surface area (Å²) in [6.07, 6.45) is 0.618. The van der Waals surface area contributed by atoms with Gasteiger partial charge < -0.3 is 9.64 Å². The number of carbonyl (C=O) groups excluding carboxylic acids is 4. The Hall–Kier alpha value is -3.23. The van der Waals surface area contributed by atoms with Gasteiger partial charge in [-0.1, -0.05) is 30.3 Å². The lowest BCUT2D eigenvalue weighted by molar-refractivity contribution is -0.153. The zero-order valence-electron chi connectivity index (χ0n) is 14.3. The quantitative estimate of drug-likeness (QED) is 0.547. The van der Waals surface area contributed by atoms with Crippen molar-refractivity contribution in [2.24, 2.45) is 5.10 Å². The Morgan fingerprint density at radius 2 is 1.92 bits per heavy atom. The zero-order valence-corrected chi connectivity index (χ0v) is 14.3. The molecule has 1 saturated heterocycles. The Balaban J connectivity index is 1.50. The molecule has 0 aliphatic carbocycles. The Morgan fingerprint density at radius 3 is 2.58 bits per heavy atom. The standard InChI is InChI=1S/C17H18N4O5/c1-19-9-14(22)20(17(19)25)10-16(24)26-11-15(23)21-8-7-13(18-21)12-5-3-2-4-6-12/h2-6H,7-11H2,1H3. The summed E-state index contributed by atoms with van der Waals surface area (Å²) in [6, 6.07) is 8.94. The van der Waals surface area contributed by atoms with E-state index in [9.17, 15) is 19.2 Å². The monoisotopic (exact) mass is 358 g/mol. The highest BCUT2D eigenvalue weighted by Crippen LogP contribution is 2.14. The van der Waals surface area contributed by atoms with Gasteiger partial charge in [0.25, 0.3) is 11.8 Å². The summed E-state index contributed by atoms with van der Waals surface area (Å²) < 4.78 is 4.89. The lowest BCUT2D eigenvalue weighted by Crippen LogP contribution is -2.38. The number of likely N-dealkylation sites (N-methyl/N-ethyl adjacent to an activating group) is 1. The van der Waals surface area contributed by atoms with Crippen molar-refractivity contribution >= 4 is 29.5 Å². The van der Waals surface area contributed by atoms with Crippen molar-refractivity contribution < 1.29 is 23.9 Å². The molecule has 0 spiro atoms. The number of rotatable bonds is 5. The smallest absolute Gasteiger partial charge is 0.327 e. The third kappa shape index (κ3) is 3.71. The molecular formula is C17H18N4O5. The number of imide groups is 1. The maximum Gasteiger partial charge on any atom is 0.327 e. The summed E-state index contributed by atoms with van der Waals surface area (Å²) in [5, 5.41) is 5.52. The van der Waals surface area contributed by atoms with Gasteiger partial charge in [0.1, 0.15) is 13.1 Å². The van der Waals surface area contributed by atoms with Crippen molar-refractivity contribution in [1.82, 2.24) is 14.8 Å². The van der Waals surface area contributed by atoms with E-state index in [0.29, 0.717) is 13.0 Å². The molecule has 136 valence electrons. The van der Waals surface area contributed by atoms with Crippen LogP contribution < -0.4 is 0 Å². The summed E-state index contributed by atoms with van der Waals surface area (Å²) >= 11 is 0. The molecule has 1 aromatic carbocycles. The Morgan fingerprint density at radius 1 is 1.19 bits per heavy atom. The Labute approximate surface area is 149 Å². The fourth-order valence-corrected chi connectivity index (χ4v) is 2.69. The number of urea groups is 1. The van der Waals surface area contributed by atoms with Crippen LogP contribution in [0.5, 0.6) is 0 Å². The highest BCUT2D eigenvalue weighted by Gasteiger charge is 2.35. The van der Waals surface area contributed by atoms with E-state index in [1.165, 1.54) is 17.0 Å². The molecule has 9 nitrogen and oxygen atoms in total. The number of carbonyl (C=O) groups is 4.